The predicted molar refractivity (Wildman–Crippen MR) is 75.4 cm³/mol. The highest BCUT2D eigenvalue weighted by Crippen LogP contribution is 2.37. The number of fused-ring (bicyclic) bond motifs is 1. The summed E-state index contributed by atoms with van der Waals surface area (Å²) in [5.41, 5.74) is 10.1. The lowest BCUT2D eigenvalue weighted by Gasteiger charge is -2.34. The van der Waals surface area contributed by atoms with E-state index in [-0.39, 0.29) is 5.54 Å². The lowest BCUT2D eigenvalue weighted by Crippen LogP contribution is -2.38. The average molecular weight is 240 g/mol. The molecule has 1 fully saturated rings. The summed E-state index contributed by atoms with van der Waals surface area (Å²) in [5.74, 6) is 0. The maximum absolute atomic E-state index is 6.66. The SMILES string of the molecule is Cc1ccc2c(C3(N)CCCCC3)ccnc2c1. The molecule has 0 bridgehead atoms. The number of aryl methyl sites for hydroxylation is 1. The van der Waals surface area contributed by atoms with Gasteiger partial charge in [-0.3, -0.25) is 4.98 Å². The molecule has 0 spiro atoms. The van der Waals surface area contributed by atoms with E-state index in [9.17, 15) is 0 Å². The van der Waals surface area contributed by atoms with E-state index >= 15 is 0 Å². The first-order valence-corrected chi connectivity index (χ1v) is 6.84. The number of rotatable bonds is 1. The molecule has 1 saturated carbocycles. The summed E-state index contributed by atoms with van der Waals surface area (Å²) in [6, 6.07) is 8.59. The van der Waals surface area contributed by atoms with Crippen molar-refractivity contribution in [3.63, 3.8) is 0 Å². The minimum absolute atomic E-state index is 0.144. The van der Waals surface area contributed by atoms with Crippen molar-refractivity contribution in [2.45, 2.75) is 44.6 Å². The normalized spacial score (nSPS) is 19.0. The molecule has 2 heteroatoms. The number of hydrogen-bond donors (Lipinski definition) is 1. The molecule has 94 valence electrons. The van der Waals surface area contributed by atoms with Gasteiger partial charge in [-0.15, -0.1) is 0 Å². The Kier molecular flexibility index (Phi) is 2.83. The summed E-state index contributed by atoms with van der Waals surface area (Å²) in [6.45, 7) is 2.10. The van der Waals surface area contributed by atoms with Gasteiger partial charge in [0.05, 0.1) is 5.52 Å². The average Bonchev–Trinajstić information content (AvgIpc) is 2.38. The fraction of sp³-hybridized carbons (Fsp3) is 0.438. The molecule has 18 heavy (non-hydrogen) atoms. The molecule has 1 aromatic heterocycles. The zero-order valence-electron chi connectivity index (χ0n) is 10.9. The Morgan fingerprint density at radius 1 is 1.11 bits per heavy atom. The molecular weight excluding hydrogens is 220 g/mol. The van der Waals surface area contributed by atoms with Gasteiger partial charge in [-0.2, -0.15) is 0 Å². The highest BCUT2D eigenvalue weighted by Gasteiger charge is 2.30. The van der Waals surface area contributed by atoms with E-state index in [1.165, 1.54) is 35.8 Å². The number of aromatic nitrogens is 1. The van der Waals surface area contributed by atoms with Gasteiger partial charge in [-0.1, -0.05) is 31.4 Å². The number of pyridine rings is 1. The van der Waals surface area contributed by atoms with E-state index in [1.807, 2.05) is 6.20 Å². The molecule has 2 nitrogen and oxygen atoms in total. The van der Waals surface area contributed by atoms with Crippen molar-refractivity contribution in [2.24, 2.45) is 5.73 Å². The van der Waals surface area contributed by atoms with Crippen molar-refractivity contribution < 1.29 is 0 Å². The van der Waals surface area contributed by atoms with Crippen LogP contribution < -0.4 is 5.73 Å². The third-order valence-electron chi connectivity index (χ3n) is 4.18. The fourth-order valence-electron chi connectivity index (χ4n) is 3.14. The summed E-state index contributed by atoms with van der Waals surface area (Å²) >= 11 is 0. The second-order valence-corrected chi connectivity index (χ2v) is 5.60. The van der Waals surface area contributed by atoms with Crippen LogP contribution in [0.3, 0.4) is 0 Å². The summed E-state index contributed by atoms with van der Waals surface area (Å²) in [4.78, 5) is 4.47. The Bertz CT molecular complexity index is 568. The highest BCUT2D eigenvalue weighted by molar-refractivity contribution is 5.83. The Hall–Kier alpha value is -1.41. The minimum Gasteiger partial charge on any atom is -0.321 e. The largest absolute Gasteiger partial charge is 0.321 e. The zero-order chi connectivity index (χ0) is 12.6. The van der Waals surface area contributed by atoms with Gasteiger partial charge < -0.3 is 5.73 Å². The van der Waals surface area contributed by atoms with Crippen molar-refractivity contribution in [1.29, 1.82) is 0 Å². The summed E-state index contributed by atoms with van der Waals surface area (Å²) < 4.78 is 0. The lowest BCUT2D eigenvalue weighted by atomic mass is 9.76. The van der Waals surface area contributed by atoms with Gasteiger partial charge in [0.1, 0.15) is 0 Å². The topological polar surface area (TPSA) is 38.9 Å². The first-order valence-electron chi connectivity index (χ1n) is 6.84. The minimum atomic E-state index is -0.144. The van der Waals surface area contributed by atoms with Crippen molar-refractivity contribution in [3.05, 3.63) is 41.6 Å². The summed E-state index contributed by atoms with van der Waals surface area (Å²) in [6.07, 6.45) is 7.90. The third kappa shape index (κ3) is 1.91. The quantitative estimate of drug-likeness (QED) is 0.826. The molecule has 0 amide bonds. The summed E-state index contributed by atoms with van der Waals surface area (Å²) in [5, 5.41) is 1.23. The second kappa shape index (κ2) is 4.36. The Labute approximate surface area is 108 Å². The number of benzene rings is 1. The van der Waals surface area contributed by atoms with E-state index < -0.39 is 0 Å². The summed E-state index contributed by atoms with van der Waals surface area (Å²) in [7, 11) is 0. The van der Waals surface area contributed by atoms with Gasteiger partial charge in [-0.25, -0.2) is 0 Å². The molecule has 2 N–H and O–H groups in total. The first kappa shape index (κ1) is 11.7. The number of nitrogens with two attached hydrogens (primary N) is 1. The van der Waals surface area contributed by atoms with Crippen molar-refractivity contribution in [1.82, 2.24) is 4.98 Å². The third-order valence-corrected chi connectivity index (χ3v) is 4.18. The van der Waals surface area contributed by atoms with Crippen LogP contribution in [-0.2, 0) is 5.54 Å². The number of nitrogens with zero attached hydrogens (tertiary/aromatic N) is 1. The van der Waals surface area contributed by atoms with Crippen LogP contribution in [0.2, 0.25) is 0 Å². The zero-order valence-corrected chi connectivity index (χ0v) is 10.9. The van der Waals surface area contributed by atoms with E-state index in [1.54, 1.807) is 0 Å². The second-order valence-electron chi connectivity index (χ2n) is 5.60. The van der Waals surface area contributed by atoms with Crippen molar-refractivity contribution in [2.75, 3.05) is 0 Å². The Balaban J connectivity index is 2.16. The predicted octanol–water partition coefficient (Wildman–Crippen LogP) is 3.66. The van der Waals surface area contributed by atoms with E-state index in [0.29, 0.717) is 0 Å². The van der Waals surface area contributed by atoms with Crippen LogP contribution in [0.1, 0.15) is 43.2 Å². The van der Waals surface area contributed by atoms with Gasteiger partial charge >= 0.3 is 0 Å². The Morgan fingerprint density at radius 3 is 2.67 bits per heavy atom. The van der Waals surface area contributed by atoms with Crippen molar-refractivity contribution >= 4 is 10.9 Å². The number of hydrogen-bond acceptors (Lipinski definition) is 2. The van der Waals surface area contributed by atoms with Crippen LogP contribution in [0, 0.1) is 6.92 Å². The van der Waals surface area contributed by atoms with Gasteiger partial charge in [0, 0.05) is 17.1 Å². The monoisotopic (exact) mass is 240 g/mol. The molecule has 1 aliphatic carbocycles. The van der Waals surface area contributed by atoms with Crippen LogP contribution in [0.4, 0.5) is 0 Å². The van der Waals surface area contributed by atoms with Crippen LogP contribution in [0.25, 0.3) is 10.9 Å². The maximum Gasteiger partial charge on any atom is 0.0708 e. The van der Waals surface area contributed by atoms with Crippen LogP contribution in [-0.4, -0.2) is 4.98 Å². The van der Waals surface area contributed by atoms with Crippen LogP contribution >= 0.6 is 0 Å². The lowest BCUT2D eigenvalue weighted by molar-refractivity contribution is 0.304. The van der Waals surface area contributed by atoms with Gasteiger partial charge in [0.25, 0.3) is 0 Å². The highest BCUT2D eigenvalue weighted by atomic mass is 14.8. The molecule has 0 unspecified atom stereocenters. The van der Waals surface area contributed by atoms with E-state index in [2.05, 4.69) is 36.2 Å². The van der Waals surface area contributed by atoms with Crippen molar-refractivity contribution in [3.8, 4) is 0 Å². The molecule has 0 aliphatic heterocycles. The fourth-order valence-corrected chi connectivity index (χ4v) is 3.14. The smallest absolute Gasteiger partial charge is 0.0708 e. The molecular formula is C16H20N2. The van der Waals surface area contributed by atoms with Gasteiger partial charge in [0.2, 0.25) is 0 Å². The van der Waals surface area contributed by atoms with Gasteiger partial charge in [0.15, 0.2) is 0 Å². The molecule has 0 saturated heterocycles. The molecule has 1 aromatic carbocycles. The molecule has 2 aromatic rings. The first-order chi connectivity index (χ1) is 8.69. The van der Waals surface area contributed by atoms with Gasteiger partial charge in [-0.05, 0) is 43.0 Å². The van der Waals surface area contributed by atoms with E-state index in [0.717, 1.165) is 18.4 Å². The Morgan fingerprint density at radius 2 is 1.89 bits per heavy atom. The standard InChI is InChI=1S/C16H20N2/c1-12-5-6-13-14(7-10-18-15(13)11-12)16(17)8-3-2-4-9-16/h5-7,10-11H,2-4,8-9,17H2,1H3. The molecule has 0 atom stereocenters. The molecule has 0 radical (unpaired) electrons. The van der Waals surface area contributed by atoms with E-state index in [4.69, 9.17) is 5.73 Å². The van der Waals surface area contributed by atoms with Crippen LogP contribution in [0.15, 0.2) is 30.5 Å². The maximum atomic E-state index is 6.66. The molecule has 1 aliphatic rings. The molecule has 1 heterocycles. The van der Waals surface area contributed by atoms with Crippen LogP contribution in [0.5, 0.6) is 0 Å². The molecule has 3 rings (SSSR count).